The molecule has 5 rings (SSSR count). The summed E-state index contributed by atoms with van der Waals surface area (Å²) in [5.41, 5.74) is 20.2. The number of ether oxygens (including phenoxy) is 4. The molecule has 0 atom stereocenters. The molecule has 0 heterocycles. The van der Waals surface area contributed by atoms with Crippen molar-refractivity contribution < 1.29 is 55.8 Å². The largest absolute Gasteiger partial charge is 0.466 e. The van der Waals surface area contributed by atoms with Gasteiger partial charge in [0, 0.05) is 32.8 Å². The predicted octanol–water partition coefficient (Wildman–Crippen LogP) is 10.1. The maximum Gasteiger partial charge on any atom is 0.307 e. The smallest absolute Gasteiger partial charge is 0.307 e. The van der Waals surface area contributed by atoms with Crippen molar-refractivity contribution in [1.29, 1.82) is 0 Å². The third kappa shape index (κ3) is 49.1. The van der Waals surface area contributed by atoms with Crippen molar-refractivity contribution in [2.45, 2.75) is 154 Å². The molecule has 6 N–H and O–H groups in total. The van der Waals surface area contributed by atoms with Crippen LogP contribution in [0.15, 0.2) is 72.8 Å². The van der Waals surface area contributed by atoms with Crippen LogP contribution in [-0.4, -0.2) is 129 Å². The van der Waals surface area contributed by atoms with Gasteiger partial charge in [0.25, 0.3) is 10.1 Å². The van der Waals surface area contributed by atoms with Gasteiger partial charge in [-0.05, 0) is 163 Å². The molecule has 4 aromatic rings. The van der Waals surface area contributed by atoms with Gasteiger partial charge in [0.15, 0.2) is 0 Å². The fourth-order valence-corrected chi connectivity index (χ4v) is 8.85. The second kappa shape index (κ2) is 50.0. The van der Waals surface area contributed by atoms with Crippen LogP contribution in [0.3, 0.4) is 0 Å². The van der Waals surface area contributed by atoms with Gasteiger partial charge in [-0.3, -0.25) is 23.4 Å². The number of aryl methyl sites for hydroxylation is 8. The quantitative estimate of drug-likeness (QED) is 0.0141. The first-order valence-corrected chi connectivity index (χ1v) is 31.5. The first kappa shape index (κ1) is 80.8. The van der Waals surface area contributed by atoms with E-state index in [0.717, 1.165) is 63.2 Å². The van der Waals surface area contributed by atoms with Gasteiger partial charge in [-0.2, -0.15) is 8.42 Å². The molecule has 1 aliphatic rings. The third-order valence-electron chi connectivity index (χ3n) is 11.9. The lowest BCUT2D eigenvalue weighted by molar-refractivity contribution is -0.143. The van der Waals surface area contributed by atoms with E-state index in [1.807, 2.05) is 46.8 Å². The third-order valence-corrected chi connectivity index (χ3v) is 12.5. The summed E-state index contributed by atoms with van der Waals surface area (Å²) in [6.07, 6.45) is 10.2. The van der Waals surface area contributed by atoms with Gasteiger partial charge in [0.1, 0.15) is 0 Å². The van der Waals surface area contributed by atoms with Crippen LogP contribution in [-0.2, 0) is 78.1 Å². The van der Waals surface area contributed by atoms with Crippen LogP contribution in [0, 0.1) is 61.3 Å². The van der Waals surface area contributed by atoms with Crippen LogP contribution >= 0.6 is 12.4 Å². The second-order valence-corrected chi connectivity index (χ2v) is 22.4. The average molecular weight is 1220 g/mol. The molecule has 0 bridgehead atoms. The molecule has 1 aliphatic carbocycles. The van der Waals surface area contributed by atoms with Crippen molar-refractivity contribution in [1.82, 2.24) is 16.0 Å². The van der Waals surface area contributed by atoms with E-state index in [0.29, 0.717) is 78.2 Å². The van der Waals surface area contributed by atoms with E-state index in [9.17, 15) is 27.6 Å². The maximum absolute atomic E-state index is 11.1. The fraction of sp³-hybridized carbons (Fsp3) is 0.576. The number of benzene rings is 4. The Labute approximate surface area is 512 Å². The summed E-state index contributed by atoms with van der Waals surface area (Å²) in [6.45, 7) is 31.5. The van der Waals surface area contributed by atoms with Crippen molar-refractivity contribution in [2.75, 3.05) is 91.7 Å². The van der Waals surface area contributed by atoms with Crippen LogP contribution in [0.1, 0.15) is 139 Å². The second-order valence-electron chi connectivity index (χ2n) is 20.7. The molecule has 1 fully saturated rings. The monoisotopic (exact) mass is 1210 g/mol. The van der Waals surface area contributed by atoms with E-state index in [-0.39, 0.29) is 49.5 Å². The number of rotatable bonds is 30. The molecule has 476 valence electrons. The minimum atomic E-state index is -3.31. The Balaban J connectivity index is 0. The van der Waals surface area contributed by atoms with Gasteiger partial charge in [0.05, 0.1) is 65.0 Å². The van der Waals surface area contributed by atoms with Crippen LogP contribution in [0.25, 0.3) is 0 Å². The Kier molecular flexibility index (Phi) is 48.1. The summed E-state index contributed by atoms with van der Waals surface area (Å²) >= 11 is 0. The predicted molar refractivity (Wildman–Crippen MR) is 344 cm³/mol. The SMILES string of the molecule is CCOC(=O)CCN.CCOC(=O)CCNCCC1CC1.CCOC(=O)CCNCCc1cc(C)cc(C)c1.CCOC(=O)CCNCCc1cc(C)cc(C)c1.Cc1cc(C)cc(CCO)c1.Cc1cc(C)cc(CCOS(C)(=O)=O)c1.Cl. The minimum absolute atomic E-state index is 0. The highest BCUT2D eigenvalue weighted by Crippen LogP contribution is 2.31. The Morgan fingerprint density at radius 3 is 1.02 bits per heavy atom. The topological polar surface area (TPSA) is 231 Å². The van der Waals surface area contributed by atoms with E-state index in [1.165, 1.54) is 80.5 Å². The normalized spacial score (nSPS) is 11.1. The fourth-order valence-electron chi connectivity index (χ4n) is 8.47. The van der Waals surface area contributed by atoms with Crippen LogP contribution < -0.4 is 21.7 Å². The maximum atomic E-state index is 11.1. The molecular formula is C66H107ClN4O12S. The Hall–Kier alpha value is -5.24. The number of nitrogens with one attached hydrogen (secondary N) is 3. The van der Waals surface area contributed by atoms with Gasteiger partial charge in [0.2, 0.25) is 0 Å². The molecule has 0 aromatic heterocycles. The van der Waals surface area contributed by atoms with E-state index in [4.69, 9.17) is 25.1 Å². The number of aliphatic hydroxyl groups is 1. The molecule has 0 saturated heterocycles. The number of carbonyl (C=O) groups is 4. The van der Waals surface area contributed by atoms with E-state index >= 15 is 0 Å². The lowest BCUT2D eigenvalue weighted by atomic mass is 10.1. The minimum Gasteiger partial charge on any atom is -0.466 e. The summed E-state index contributed by atoms with van der Waals surface area (Å²) in [5, 5.41) is 18.5. The Bertz CT molecular complexity index is 2380. The Morgan fingerprint density at radius 2 is 0.750 bits per heavy atom. The first-order chi connectivity index (χ1) is 39.4. The van der Waals surface area contributed by atoms with Crippen molar-refractivity contribution in [3.63, 3.8) is 0 Å². The summed E-state index contributed by atoms with van der Waals surface area (Å²) in [4.78, 5) is 43.4. The molecule has 0 amide bonds. The summed E-state index contributed by atoms with van der Waals surface area (Å²) in [7, 11) is -3.31. The zero-order valence-corrected chi connectivity index (χ0v) is 54.9. The van der Waals surface area contributed by atoms with E-state index in [1.54, 1.807) is 6.92 Å². The number of nitrogens with two attached hydrogens (primary N) is 1. The number of halogens is 1. The van der Waals surface area contributed by atoms with Crippen molar-refractivity contribution in [2.24, 2.45) is 11.7 Å². The molecule has 0 unspecified atom stereocenters. The zero-order chi connectivity index (χ0) is 62.4. The number of aliphatic hydroxyl groups excluding tert-OH is 1. The van der Waals surface area contributed by atoms with Crippen LogP contribution in [0.2, 0.25) is 0 Å². The molecule has 0 spiro atoms. The summed E-state index contributed by atoms with van der Waals surface area (Å²) in [6, 6.07) is 25.7. The lowest BCUT2D eigenvalue weighted by Crippen LogP contribution is -2.21. The summed E-state index contributed by atoms with van der Waals surface area (Å²) in [5.74, 6) is 0.402. The Morgan fingerprint density at radius 1 is 0.464 bits per heavy atom. The highest BCUT2D eigenvalue weighted by Gasteiger charge is 2.20. The highest BCUT2D eigenvalue weighted by atomic mass is 35.5. The highest BCUT2D eigenvalue weighted by molar-refractivity contribution is 7.85. The van der Waals surface area contributed by atoms with Gasteiger partial charge >= 0.3 is 23.9 Å². The number of carbonyl (C=O) groups excluding carboxylic acids is 4. The molecule has 1 saturated carbocycles. The van der Waals surface area contributed by atoms with E-state index < -0.39 is 10.1 Å². The van der Waals surface area contributed by atoms with Gasteiger partial charge in [-0.1, -0.05) is 130 Å². The van der Waals surface area contributed by atoms with E-state index in [2.05, 4.69) is 127 Å². The van der Waals surface area contributed by atoms with Crippen molar-refractivity contribution >= 4 is 46.4 Å². The summed E-state index contributed by atoms with van der Waals surface area (Å²) < 4.78 is 45.2. The molecule has 84 heavy (non-hydrogen) atoms. The molecule has 16 nitrogen and oxygen atoms in total. The molecule has 18 heteroatoms. The molecular weight excluding hydrogens is 1110 g/mol. The molecule has 0 aliphatic heterocycles. The number of hydrogen-bond donors (Lipinski definition) is 5. The average Bonchev–Trinajstić information content (AvgIpc) is 4.29. The van der Waals surface area contributed by atoms with Gasteiger partial charge < -0.3 is 45.7 Å². The number of esters is 4. The van der Waals surface area contributed by atoms with Crippen LogP contribution in [0.5, 0.6) is 0 Å². The zero-order valence-electron chi connectivity index (χ0n) is 53.3. The standard InChI is InChI=1S/2C15H23NO2.C11H16O3S.C10H19NO2.C10H14O.C5H11NO2.ClH/c2*1-4-18-15(17)6-8-16-7-5-14-10-12(2)9-13(3)11-14;1-9-6-10(2)8-11(7-9)4-5-14-15(3,12)13;1-2-13-10(12)6-8-11-7-5-9-3-4-9;1-8-5-9(2)7-10(6-8)3-4-11;1-2-8-5(7)3-4-6;/h2*9-11,16H,4-8H2,1-3H3;6-8H,4-5H2,1-3H3;9,11H,2-8H2,1H3;5-7,11H,3-4H2,1-2H3;2-4,6H2,1H3;1H. The van der Waals surface area contributed by atoms with Crippen LogP contribution in [0.4, 0.5) is 0 Å². The number of hydrogen-bond acceptors (Lipinski definition) is 16. The van der Waals surface area contributed by atoms with Crippen molar-refractivity contribution in [3.05, 3.63) is 140 Å². The first-order valence-electron chi connectivity index (χ1n) is 29.6. The van der Waals surface area contributed by atoms with Gasteiger partial charge in [-0.15, -0.1) is 12.4 Å². The molecule has 0 radical (unpaired) electrons. The molecule has 4 aromatic carbocycles. The van der Waals surface area contributed by atoms with Gasteiger partial charge in [-0.25, -0.2) is 0 Å². The van der Waals surface area contributed by atoms with Crippen molar-refractivity contribution in [3.8, 4) is 0 Å². The lowest BCUT2D eigenvalue weighted by Gasteiger charge is -2.07.